The third-order valence-electron chi connectivity index (χ3n) is 3.07. The van der Waals surface area contributed by atoms with Gasteiger partial charge >= 0.3 is 0 Å². The van der Waals surface area contributed by atoms with Crippen LogP contribution in [0.4, 0.5) is 0 Å². The molecule has 0 aliphatic carbocycles. The van der Waals surface area contributed by atoms with E-state index in [1.54, 1.807) is 0 Å². The van der Waals surface area contributed by atoms with Crippen molar-refractivity contribution in [1.82, 2.24) is 5.32 Å². The summed E-state index contributed by atoms with van der Waals surface area (Å²) in [4.78, 5) is 0. The molecule has 0 saturated carbocycles. The lowest BCUT2D eigenvalue weighted by atomic mass is 10.1. The molecule has 110 valence electrons. The first-order valence-corrected chi connectivity index (χ1v) is 7.64. The van der Waals surface area contributed by atoms with Crippen molar-refractivity contribution in [2.75, 3.05) is 6.54 Å². The van der Waals surface area contributed by atoms with Crippen molar-refractivity contribution >= 4 is 12.4 Å². The first kappa shape index (κ1) is 20.2. The molecule has 0 aromatic carbocycles. The van der Waals surface area contributed by atoms with Crippen molar-refractivity contribution < 1.29 is 0 Å². The molecular formula is C16H34ClN. The van der Waals surface area contributed by atoms with Crippen molar-refractivity contribution in [2.45, 2.75) is 85.0 Å². The van der Waals surface area contributed by atoms with Gasteiger partial charge in [-0.1, -0.05) is 70.3 Å². The van der Waals surface area contributed by atoms with Crippen LogP contribution in [0.25, 0.3) is 0 Å². The quantitative estimate of drug-likeness (QED) is 0.441. The van der Waals surface area contributed by atoms with E-state index in [4.69, 9.17) is 0 Å². The van der Waals surface area contributed by atoms with E-state index >= 15 is 0 Å². The van der Waals surface area contributed by atoms with E-state index in [-0.39, 0.29) is 12.4 Å². The predicted molar refractivity (Wildman–Crippen MR) is 86.5 cm³/mol. The zero-order valence-corrected chi connectivity index (χ0v) is 13.6. The van der Waals surface area contributed by atoms with Crippen LogP contribution in [0.2, 0.25) is 0 Å². The largest absolute Gasteiger partial charge is 0.391 e. The Labute approximate surface area is 121 Å². The number of rotatable bonds is 12. The van der Waals surface area contributed by atoms with Crippen molar-refractivity contribution in [3.05, 3.63) is 11.8 Å². The molecule has 0 aromatic rings. The summed E-state index contributed by atoms with van der Waals surface area (Å²) in [6, 6.07) is 0. The molecule has 18 heavy (non-hydrogen) atoms. The Balaban J connectivity index is 0. The lowest BCUT2D eigenvalue weighted by Gasteiger charge is -2.03. The third-order valence-corrected chi connectivity index (χ3v) is 3.07. The molecule has 0 aromatic heterocycles. The molecule has 0 rings (SSSR count). The van der Waals surface area contributed by atoms with Crippen molar-refractivity contribution in [3.8, 4) is 0 Å². The van der Waals surface area contributed by atoms with Crippen molar-refractivity contribution in [2.24, 2.45) is 0 Å². The van der Waals surface area contributed by atoms with E-state index < -0.39 is 0 Å². The Bertz CT molecular complexity index is 174. The zero-order chi connectivity index (χ0) is 12.8. The van der Waals surface area contributed by atoms with Crippen LogP contribution in [-0.2, 0) is 0 Å². The molecule has 0 saturated heterocycles. The van der Waals surface area contributed by atoms with E-state index in [2.05, 4.69) is 32.3 Å². The van der Waals surface area contributed by atoms with E-state index in [1.807, 2.05) is 0 Å². The summed E-state index contributed by atoms with van der Waals surface area (Å²) in [5.74, 6) is 0. The molecule has 2 heteroatoms. The van der Waals surface area contributed by atoms with Gasteiger partial charge in [0.1, 0.15) is 0 Å². The molecule has 0 bridgehead atoms. The predicted octanol–water partition coefficient (Wildman–Crippen LogP) is 5.84. The highest BCUT2D eigenvalue weighted by Crippen LogP contribution is 2.10. The maximum absolute atomic E-state index is 3.35. The number of hydrogen-bond donors (Lipinski definition) is 1. The number of halogens is 1. The summed E-state index contributed by atoms with van der Waals surface area (Å²) in [6.07, 6.45) is 16.3. The normalized spacial score (nSPS) is 9.72. The SMILES string of the molecule is CCCCCCCCCCCCNC=C(C)C.Cl. The summed E-state index contributed by atoms with van der Waals surface area (Å²) in [5, 5.41) is 3.35. The smallest absolute Gasteiger partial charge is 0.0141 e. The fourth-order valence-electron chi connectivity index (χ4n) is 1.99. The van der Waals surface area contributed by atoms with E-state index in [0.29, 0.717) is 0 Å². The molecule has 0 unspecified atom stereocenters. The van der Waals surface area contributed by atoms with Crippen LogP contribution in [0.3, 0.4) is 0 Å². The average molecular weight is 276 g/mol. The van der Waals surface area contributed by atoms with Gasteiger partial charge in [0.15, 0.2) is 0 Å². The summed E-state index contributed by atoms with van der Waals surface area (Å²) in [5.41, 5.74) is 1.36. The molecular weight excluding hydrogens is 242 g/mol. The van der Waals surface area contributed by atoms with Crippen LogP contribution in [-0.4, -0.2) is 6.54 Å². The van der Waals surface area contributed by atoms with Crippen LogP contribution < -0.4 is 5.32 Å². The Morgan fingerprint density at radius 3 is 1.67 bits per heavy atom. The maximum Gasteiger partial charge on any atom is 0.0141 e. The third kappa shape index (κ3) is 18.2. The molecule has 1 N–H and O–H groups in total. The Kier molecular flexibility index (Phi) is 18.8. The molecule has 0 spiro atoms. The molecule has 0 atom stereocenters. The molecule has 1 nitrogen and oxygen atoms in total. The molecule has 0 aliphatic rings. The van der Waals surface area contributed by atoms with Gasteiger partial charge in [-0.2, -0.15) is 0 Å². The van der Waals surface area contributed by atoms with Gasteiger partial charge in [0.05, 0.1) is 0 Å². The monoisotopic (exact) mass is 275 g/mol. The van der Waals surface area contributed by atoms with Gasteiger partial charge in [0.2, 0.25) is 0 Å². The van der Waals surface area contributed by atoms with Crippen LogP contribution in [0.15, 0.2) is 11.8 Å². The van der Waals surface area contributed by atoms with Crippen LogP contribution in [0.1, 0.15) is 85.0 Å². The van der Waals surface area contributed by atoms with Crippen molar-refractivity contribution in [3.63, 3.8) is 0 Å². The van der Waals surface area contributed by atoms with Gasteiger partial charge in [-0.05, 0) is 26.5 Å². The highest BCUT2D eigenvalue weighted by atomic mass is 35.5. The zero-order valence-electron chi connectivity index (χ0n) is 12.8. The second kappa shape index (κ2) is 16.8. The number of nitrogens with one attached hydrogen (secondary N) is 1. The lowest BCUT2D eigenvalue weighted by Crippen LogP contribution is -2.07. The summed E-state index contributed by atoms with van der Waals surface area (Å²) < 4.78 is 0. The molecule has 0 amide bonds. The first-order valence-electron chi connectivity index (χ1n) is 7.64. The van der Waals surface area contributed by atoms with Gasteiger partial charge in [-0.25, -0.2) is 0 Å². The Morgan fingerprint density at radius 1 is 0.778 bits per heavy atom. The Morgan fingerprint density at radius 2 is 1.22 bits per heavy atom. The van der Waals surface area contributed by atoms with E-state index in [9.17, 15) is 0 Å². The fourth-order valence-corrected chi connectivity index (χ4v) is 1.99. The fraction of sp³-hybridized carbons (Fsp3) is 0.875. The minimum Gasteiger partial charge on any atom is -0.391 e. The average Bonchev–Trinajstić information content (AvgIpc) is 2.30. The van der Waals surface area contributed by atoms with Gasteiger partial charge < -0.3 is 5.32 Å². The molecule has 0 aliphatic heterocycles. The minimum atomic E-state index is 0. The van der Waals surface area contributed by atoms with Crippen LogP contribution >= 0.6 is 12.4 Å². The maximum atomic E-state index is 3.35. The number of unbranched alkanes of at least 4 members (excludes halogenated alkanes) is 9. The van der Waals surface area contributed by atoms with Crippen LogP contribution in [0.5, 0.6) is 0 Å². The van der Waals surface area contributed by atoms with Gasteiger partial charge in [0, 0.05) is 6.54 Å². The van der Waals surface area contributed by atoms with Crippen molar-refractivity contribution in [1.29, 1.82) is 0 Å². The molecule has 0 fully saturated rings. The highest BCUT2D eigenvalue weighted by molar-refractivity contribution is 5.85. The summed E-state index contributed by atoms with van der Waals surface area (Å²) in [6.45, 7) is 7.68. The van der Waals surface area contributed by atoms with Gasteiger partial charge in [-0.3, -0.25) is 0 Å². The second-order valence-electron chi connectivity index (χ2n) is 5.36. The van der Waals surface area contributed by atoms with E-state index in [0.717, 1.165) is 6.54 Å². The number of hydrogen-bond acceptors (Lipinski definition) is 1. The van der Waals surface area contributed by atoms with Crippen LogP contribution in [0, 0.1) is 0 Å². The first-order chi connectivity index (χ1) is 8.27. The van der Waals surface area contributed by atoms with E-state index in [1.165, 1.54) is 69.8 Å². The summed E-state index contributed by atoms with van der Waals surface area (Å²) in [7, 11) is 0. The second-order valence-corrected chi connectivity index (χ2v) is 5.36. The highest BCUT2D eigenvalue weighted by Gasteiger charge is 1.92. The number of allylic oxidation sites excluding steroid dienone is 1. The minimum absolute atomic E-state index is 0. The van der Waals surface area contributed by atoms with Gasteiger partial charge in [0.25, 0.3) is 0 Å². The molecule has 0 radical (unpaired) electrons. The standard InChI is InChI=1S/C16H33N.ClH/c1-4-5-6-7-8-9-10-11-12-13-14-17-15-16(2)3;/h15,17H,4-14H2,1-3H3;1H. The summed E-state index contributed by atoms with van der Waals surface area (Å²) >= 11 is 0. The molecule has 0 heterocycles. The van der Waals surface area contributed by atoms with Gasteiger partial charge in [-0.15, -0.1) is 12.4 Å². The lowest BCUT2D eigenvalue weighted by molar-refractivity contribution is 0.553. The Hall–Kier alpha value is -0.170. The topological polar surface area (TPSA) is 12.0 Å².